The summed E-state index contributed by atoms with van der Waals surface area (Å²) >= 11 is 0. The molecule has 2 aromatic rings. The highest BCUT2D eigenvalue weighted by Gasteiger charge is 2.26. The molecule has 0 unspecified atom stereocenters. The minimum atomic E-state index is -0.154. The van der Waals surface area contributed by atoms with Crippen molar-refractivity contribution in [3.63, 3.8) is 0 Å². The van der Waals surface area contributed by atoms with Crippen LogP contribution >= 0.6 is 0 Å². The van der Waals surface area contributed by atoms with Gasteiger partial charge in [-0.25, -0.2) is 0 Å². The third-order valence-corrected chi connectivity index (χ3v) is 4.36. The van der Waals surface area contributed by atoms with Crippen LogP contribution in [0.25, 0.3) is 0 Å². The molecular weight excluding hydrogens is 340 g/mol. The maximum absolute atomic E-state index is 12.3. The molecule has 136 valence electrons. The van der Waals surface area contributed by atoms with Crippen LogP contribution in [0.15, 0.2) is 41.0 Å². The predicted octanol–water partition coefficient (Wildman–Crippen LogP) is 1.37. The Labute approximate surface area is 149 Å². The van der Waals surface area contributed by atoms with Gasteiger partial charge in [-0.15, -0.1) is 0 Å². The first-order valence-corrected chi connectivity index (χ1v) is 8.34. The number of amides is 2. The van der Waals surface area contributed by atoms with Crippen molar-refractivity contribution < 1.29 is 28.2 Å². The second kappa shape index (κ2) is 6.99. The number of carbonyl (C=O) groups excluding carboxylic acids is 2. The van der Waals surface area contributed by atoms with Gasteiger partial charge in [-0.2, -0.15) is 0 Å². The summed E-state index contributed by atoms with van der Waals surface area (Å²) in [6, 6.07) is 8.51. The zero-order valence-corrected chi connectivity index (χ0v) is 14.1. The lowest BCUT2D eigenvalue weighted by atomic mass is 10.2. The van der Waals surface area contributed by atoms with Crippen molar-refractivity contribution in [2.75, 3.05) is 39.6 Å². The average molecular weight is 358 g/mol. The molecule has 3 heterocycles. The molecular formula is C18H18N2O6. The highest BCUT2D eigenvalue weighted by molar-refractivity contribution is 5.91. The summed E-state index contributed by atoms with van der Waals surface area (Å²) in [6.07, 6.45) is 1.47. The van der Waals surface area contributed by atoms with Gasteiger partial charge < -0.3 is 28.4 Å². The quantitative estimate of drug-likeness (QED) is 0.821. The molecule has 4 rings (SSSR count). The predicted molar refractivity (Wildman–Crippen MR) is 89.3 cm³/mol. The summed E-state index contributed by atoms with van der Waals surface area (Å²) in [5.74, 6) is 1.87. The molecule has 1 aromatic carbocycles. The minimum absolute atomic E-state index is 0.0637. The minimum Gasteiger partial charge on any atom is -0.484 e. The van der Waals surface area contributed by atoms with Crippen LogP contribution in [0.4, 0.5) is 0 Å². The van der Waals surface area contributed by atoms with Gasteiger partial charge in [0.15, 0.2) is 23.9 Å². The molecule has 0 atom stereocenters. The molecule has 1 saturated heterocycles. The lowest BCUT2D eigenvalue weighted by Crippen LogP contribution is -2.51. The first-order chi connectivity index (χ1) is 12.7. The molecule has 0 radical (unpaired) electrons. The smallest absolute Gasteiger partial charge is 0.289 e. The number of hydrogen-bond donors (Lipinski definition) is 0. The van der Waals surface area contributed by atoms with Gasteiger partial charge in [-0.05, 0) is 24.3 Å². The Bertz CT molecular complexity index is 796. The van der Waals surface area contributed by atoms with Crippen LogP contribution in [0.5, 0.6) is 17.2 Å². The molecule has 0 aliphatic carbocycles. The van der Waals surface area contributed by atoms with Crippen LogP contribution in [0.3, 0.4) is 0 Å². The van der Waals surface area contributed by atoms with E-state index in [0.29, 0.717) is 49.2 Å². The number of ether oxygens (including phenoxy) is 3. The second-order valence-corrected chi connectivity index (χ2v) is 5.95. The monoisotopic (exact) mass is 358 g/mol. The first kappa shape index (κ1) is 16.3. The number of piperazine rings is 1. The maximum Gasteiger partial charge on any atom is 0.289 e. The fraction of sp³-hybridized carbons (Fsp3) is 0.333. The first-order valence-electron chi connectivity index (χ1n) is 8.34. The SMILES string of the molecule is O=C(COc1ccc2c(c1)OCO2)N1CCN(C(=O)c2ccco2)CC1. The van der Waals surface area contributed by atoms with E-state index in [1.807, 2.05) is 0 Å². The van der Waals surface area contributed by atoms with Gasteiger partial charge >= 0.3 is 0 Å². The summed E-state index contributed by atoms with van der Waals surface area (Å²) in [7, 11) is 0. The lowest BCUT2D eigenvalue weighted by molar-refractivity contribution is -0.134. The molecule has 26 heavy (non-hydrogen) atoms. The van der Waals surface area contributed by atoms with E-state index in [2.05, 4.69) is 0 Å². The number of fused-ring (bicyclic) bond motifs is 1. The van der Waals surface area contributed by atoms with Gasteiger partial charge in [-0.1, -0.05) is 0 Å². The number of benzene rings is 1. The molecule has 0 N–H and O–H groups in total. The number of furan rings is 1. The van der Waals surface area contributed by atoms with Crippen molar-refractivity contribution in [2.24, 2.45) is 0 Å². The maximum atomic E-state index is 12.3. The second-order valence-electron chi connectivity index (χ2n) is 5.95. The molecule has 8 heteroatoms. The van der Waals surface area contributed by atoms with E-state index in [1.54, 1.807) is 40.1 Å². The third-order valence-electron chi connectivity index (χ3n) is 4.36. The molecule has 0 bridgehead atoms. The lowest BCUT2D eigenvalue weighted by Gasteiger charge is -2.34. The summed E-state index contributed by atoms with van der Waals surface area (Å²) in [5.41, 5.74) is 0. The molecule has 8 nitrogen and oxygen atoms in total. The number of hydrogen-bond acceptors (Lipinski definition) is 6. The Hall–Kier alpha value is -3.16. The number of rotatable bonds is 4. The molecule has 2 aliphatic heterocycles. The standard InChI is InChI=1S/C18H18N2O6/c21-17(11-24-13-3-4-14-16(10-13)26-12-25-14)19-5-7-20(8-6-19)18(22)15-2-1-9-23-15/h1-4,9-10H,5-8,11-12H2. The van der Waals surface area contributed by atoms with Crippen LogP contribution in [0.2, 0.25) is 0 Å². The molecule has 2 aliphatic rings. The van der Waals surface area contributed by atoms with E-state index in [-0.39, 0.29) is 25.2 Å². The summed E-state index contributed by atoms with van der Waals surface area (Å²) < 4.78 is 21.2. The highest BCUT2D eigenvalue weighted by Crippen LogP contribution is 2.35. The van der Waals surface area contributed by atoms with Gasteiger partial charge in [0, 0.05) is 32.2 Å². The number of nitrogens with zero attached hydrogens (tertiary/aromatic N) is 2. The van der Waals surface area contributed by atoms with Crippen molar-refractivity contribution in [3.8, 4) is 17.2 Å². The van der Waals surface area contributed by atoms with Crippen LogP contribution in [-0.4, -0.2) is 61.2 Å². The van der Waals surface area contributed by atoms with E-state index in [9.17, 15) is 9.59 Å². The van der Waals surface area contributed by atoms with Crippen LogP contribution in [0, 0.1) is 0 Å². The van der Waals surface area contributed by atoms with Gasteiger partial charge in [-0.3, -0.25) is 9.59 Å². The zero-order chi connectivity index (χ0) is 17.9. The van der Waals surface area contributed by atoms with Crippen molar-refractivity contribution >= 4 is 11.8 Å². The third kappa shape index (κ3) is 3.30. The summed E-state index contributed by atoms with van der Waals surface area (Å²) in [6.45, 7) is 2.00. The fourth-order valence-electron chi connectivity index (χ4n) is 2.92. The summed E-state index contributed by atoms with van der Waals surface area (Å²) in [4.78, 5) is 27.9. The van der Waals surface area contributed by atoms with Gasteiger partial charge in [0.05, 0.1) is 6.26 Å². The van der Waals surface area contributed by atoms with E-state index in [0.717, 1.165) is 0 Å². The van der Waals surface area contributed by atoms with Crippen molar-refractivity contribution in [3.05, 3.63) is 42.4 Å². The average Bonchev–Trinajstić information content (AvgIpc) is 3.37. The highest BCUT2D eigenvalue weighted by atomic mass is 16.7. The number of carbonyl (C=O) groups is 2. The van der Waals surface area contributed by atoms with E-state index < -0.39 is 0 Å². The van der Waals surface area contributed by atoms with Gasteiger partial charge in [0.2, 0.25) is 6.79 Å². The Morgan fingerprint density at radius 3 is 2.54 bits per heavy atom. The van der Waals surface area contributed by atoms with Gasteiger partial charge in [0.1, 0.15) is 5.75 Å². The van der Waals surface area contributed by atoms with Crippen molar-refractivity contribution in [1.29, 1.82) is 0 Å². The molecule has 2 amide bonds. The largest absolute Gasteiger partial charge is 0.484 e. The zero-order valence-electron chi connectivity index (χ0n) is 14.1. The summed E-state index contributed by atoms with van der Waals surface area (Å²) in [5, 5.41) is 0. The van der Waals surface area contributed by atoms with Crippen LogP contribution in [-0.2, 0) is 4.79 Å². The van der Waals surface area contributed by atoms with Crippen LogP contribution in [0.1, 0.15) is 10.6 Å². The molecule has 1 fully saturated rings. The Balaban J connectivity index is 1.26. The van der Waals surface area contributed by atoms with E-state index in [4.69, 9.17) is 18.6 Å². The Morgan fingerprint density at radius 1 is 1.00 bits per heavy atom. The van der Waals surface area contributed by atoms with Crippen molar-refractivity contribution in [1.82, 2.24) is 9.80 Å². The Morgan fingerprint density at radius 2 is 1.77 bits per heavy atom. The van der Waals surface area contributed by atoms with Crippen molar-refractivity contribution in [2.45, 2.75) is 0 Å². The van der Waals surface area contributed by atoms with Crippen LogP contribution < -0.4 is 14.2 Å². The Kier molecular flexibility index (Phi) is 4.39. The fourth-order valence-corrected chi connectivity index (χ4v) is 2.92. The van der Waals surface area contributed by atoms with Gasteiger partial charge in [0.25, 0.3) is 11.8 Å². The van der Waals surface area contributed by atoms with E-state index >= 15 is 0 Å². The van der Waals surface area contributed by atoms with E-state index in [1.165, 1.54) is 6.26 Å². The topological polar surface area (TPSA) is 81.5 Å². The molecule has 0 spiro atoms. The normalized spacial score (nSPS) is 15.8. The molecule has 0 saturated carbocycles. The molecule has 1 aromatic heterocycles.